The number of carboxylic acids is 1. The van der Waals surface area contributed by atoms with Gasteiger partial charge in [0.15, 0.2) is 11.5 Å². The summed E-state index contributed by atoms with van der Waals surface area (Å²) in [4.78, 5) is 44.7. The molecule has 40 heavy (non-hydrogen) atoms. The molecule has 5 rings (SSSR count). The molecule has 2 saturated heterocycles. The minimum absolute atomic E-state index is 0.0996. The maximum absolute atomic E-state index is 13.7. The zero-order chi connectivity index (χ0) is 28.2. The van der Waals surface area contributed by atoms with Gasteiger partial charge in [-0.1, -0.05) is 25.1 Å². The summed E-state index contributed by atoms with van der Waals surface area (Å²) in [6.45, 7) is 4.25. The Labute approximate surface area is 233 Å². The molecular formula is C29H35N3O8. The van der Waals surface area contributed by atoms with E-state index in [4.69, 9.17) is 18.9 Å². The van der Waals surface area contributed by atoms with Crippen molar-refractivity contribution in [2.24, 2.45) is 5.92 Å². The van der Waals surface area contributed by atoms with Crippen molar-refractivity contribution in [2.75, 3.05) is 59.8 Å². The number of hydrogen-bond acceptors (Lipinski definition) is 8. The molecular weight excluding hydrogens is 518 g/mol. The number of rotatable bonds is 8. The largest absolute Gasteiger partial charge is 0.497 e. The van der Waals surface area contributed by atoms with Crippen LogP contribution in [0.25, 0.3) is 0 Å². The molecule has 3 aliphatic heterocycles. The third-order valence-corrected chi connectivity index (χ3v) is 7.76. The van der Waals surface area contributed by atoms with Gasteiger partial charge in [0.05, 0.1) is 32.8 Å². The highest BCUT2D eigenvalue weighted by Crippen LogP contribution is 2.47. The van der Waals surface area contributed by atoms with Crippen LogP contribution in [0.4, 0.5) is 4.79 Å². The van der Waals surface area contributed by atoms with Crippen LogP contribution in [-0.2, 0) is 14.3 Å². The first kappa shape index (κ1) is 27.7. The Hall–Kier alpha value is -3.83. The molecule has 3 atom stereocenters. The smallest absolute Gasteiger partial charge is 0.326 e. The molecule has 0 spiro atoms. The summed E-state index contributed by atoms with van der Waals surface area (Å²) in [6, 6.07) is 11.8. The number of ether oxygens (including phenoxy) is 4. The number of nitrogens with zero attached hydrogens (tertiary/aromatic N) is 3. The molecule has 0 saturated carbocycles. The number of imide groups is 1. The molecule has 11 heteroatoms. The number of fused-ring (bicyclic) bond motifs is 1. The number of morpholine rings is 1. The molecule has 3 heterocycles. The number of carbonyl (C=O) groups excluding carboxylic acids is 2. The summed E-state index contributed by atoms with van der Waals surface area (Å²) in [5, 5.41) is 10.5. The maximum atomic E-state index is 13.7. The first-order valence-electron chi connectivity index (χ1n) is 13.6. The zero-order valence-electron chi connectivity index (χ0n) is 22.8. The van der Waals surface area contributed by atoms with Gasteiger partial charge in [0.2, 0.25) is 12.7 Å². The second kappa shape index (κ2) is 12.1. The fourth-order valence-corrected chi connectivity index (χ4v) is 5.81. The van der Waals surface area contributed by atoms with Gasteiger partial charge in [-0.3, -0.25) is 19.4 Å². The Balaban J connectivity index is 1.47. The van der Waals surface area contributed by atoms with Crippen LogP contribution in [0.1, 0.15) is 36.4 Å². The van der Waals surface area contributed by atoms with E-state index < -0.39 is 23.8 Å². The lowest BCUT2D eigenvalue weighted by Gasteiger charge is -2.33. The Bertz CT molecular complexity index is 1230. The fourth-order valence-electron chi connectivity index (χ4n) is 5.81. The van der Waals surface area contributed by atoms with Crippen LogP contribution in [0, 0.1) is 5.92 Å². The van der Waals surface area contributed by atoms with E-state index in [2.05, 4.69) is 0 Å². The van der Waals surface area contributed by atoms with Gasteiger partial charge in [-0.05, 0) is 41.8 Å². The van der Waals surface area contributed by atoms with Gasteiger partial charge in [-0.15, -0.1) is 0 Å². The van der Waals surface area contributed by atoms with Crippen molar-refractivity contribution in [3.05, 3.63) is 53.6 Å². The quantitative estimate of drug-likeness (QED) is 0.526. The van der Waals surface area contributed by atoms with Crippen molar-refractivity contribution in [1.29, 1.82) is 0 Å². The summed E-state index contributed by atoms with van der Waals surface area (Å²) in [7, 11) is 1.57. The number of methoxy groups -OCH3 is 1. The number of likely N-dealkylation sites (tertiary alicyclic amines) is 1. The first-order chi connectivity index (χ1) is 19.4. The van der Waals surface area contributed by atoms with Crippen molar-refractivity contribution < 1.29 is 38.4 Å². The minimum Gasteiger partial charge on any atom is -0.497 e. The highest BCUT2D eigenvalue weighted by atomic mass is 16.7. The lowest BCUT2D eigenvalue weighted by molar-refractivity contribution is -0.143. The molecule has 11 nitrogen and oxygen atoms in total. The monoisotopic (exact) mass is 553 g/mol. The van der Waals surface area contributed by atoms with Crippen molar-refractivity contribution in [2.45, 2.75) is 25.3 Å². The van der Waals surface area contributed by atoms with Crippen molar-refractivity contribution in [3.8, 4) is 17.2 Å². The Morgan fingerprint density at radius 2 is 1.73 bits per heavy atom. The topological polar surface area (TPSA) is 118 Å². The SMILES string of the molecule is CCCN(C(=O)CN1CC(c2ccc3c(c2)OCO3)[C@H](C(=O)O)[C@H]1c1ccc(OC)cc1)C(=O)N1CCOCC1. The van der Waals surface area contributed by atoms with Crippen LogP contribution in [-0.4, -0.2) is 97.6 Å². The summed E-state index contributed by atoms with van der Waals surface area (Å²) >= 11 is 0. The van der Waals surface area contributed by atoms with Crippen LogP contribution < -0.4 is 14.2 Å². The lowest BCUT2D eigenvalue weighted by Crippen LogP contribution is -2.52. The van der Waals surface area contributed by atoms with Crippen LogP contribution in [0.3, 0.4) is 0 Å². The van der Waals surface area contributed by atoms with E-state index >= 15 is 0 Å². The summed E-state index contributed by atoms with van der Waals surface area (Å²) in [6.07, 6.45) is 0.612. The van der Waals surface area contributed by atoms with E-state index in [1.807, 2.05) is 36.1 Å². The number of carbonyl (C=O) groups is 3. The molecule has 1 N–H and O–H groups in total. The van der Waals surface area contributed by atoms with Crippen LogP contribution >= 0.6 is 0 Å². The lowest BCUT2D eigenvalue weighted by atomic mass is 9.82. The molecule has 2 fully saturated rings. The van der Waals surface area contributed by atoms with Crippen LogP contribution in [0.5, 0.6) is 17.2 Å². The van der Waals surface area contributed by atoms with E-state index in [0.29, 0.717) is 56.5 Å². The van der Waals surface area contributed by atoms with Crippen LogP contribution in [0.15, 0.2) is 42.5 Å². The molecule has 0 bridgehead atoms. The molecule has 0 radical (unpaired) electrons. The van der Waals surface area contributed by atoms with E-state index in [0.717, 1.165) is 11.1 Å². The van der Waals surface area contributed by atoms with Gasteiger partial charge >= 0.3 is 12.0 Å². The molecule has 3 amide bonds. The number of benzene rings is 2. The van der Waals surface area contributed by atoms with Gasteiger partial charge in [-0.25, -0.2) is 4.79 Å². The highest BCUT2D eigenvalue weighted by Gasteiger charge is 2.48. The third kappa shape index (κ3) is 5.57. The number of amides is 3. The average molecular weight is 554 g/mol. The molecule has 2 aromatic carbocycles. The minimum atomic E-state index is -0.965. The van der Waals surface area contributed by atoms with Crippen molar-refractivity contribution >= 4 is 17.9 Å². The van der Waals surface area contributed by atoms with Crippen molar-refractivity contribution in [3.63, 3.8) is 0 Å². The van der Waals surface area contributed by atoms with E-state index in [1.165, 1.54) is 4.90 Å². The van der Waals surface area contributed by atoms with Gasteiger partial charge in [0.25, 0.3) is 0 Å². The van der Waals surface area contributed by atoms with Gasteiger partial charge in [0.1, 0.15) is 5.75 Å². The van der Waals surface area contributed by atoms with Gasteiger partial charge < -0.3 is 29.0 Å². The predicted molar refractivity (Wildman–Crippen MR) is 144 cm³/mol. The Morgan fingerprint density at radius 1 is 1.02 bits per heavy atom. The second-order valence-electron chi connectivity index (χ2n) is 10.2. The number of urea groups is 1. The number of carboxylic acid groups (broad SMARTS) is 1. The standard InChI is InChI=1S/C29H35N3O8/c1-3-10-32(29(36)30-11-13-38-14-12-30)25(33)17-31-16-22(20-6-9-23-24(15-20)40-18-39-23)26(28(34)35)27(31)19-4-7-21(37-2)8-5-19/h4-9,15,22,26-27H,3,10-14,16-18H2,1-2H3,(H,34,35)/t22?,26-,27+/m0/s1. The molecule has 1 unspecified atom stereocenters. The molecule has 0 aromatic heterocycles. The predicted octanol–water partition coefficient (Wildman–Crippen LogP) is 2.96. The fraction of sp³-hybridized carbons (Fsp3) is 0.483. The summed E-state index contributed by atoms with van der Waals surface area (Å²) in [5.74, 6) is -0.765. The molecule has 2 aromatic rings. The highest BCUT2D eigenvalue weighted by molar-refractivity contribution is 5.95. The van der Waals surface area contributed by atoms with E-state index in [1.54, 1.807) is 30.2 Å². The Morgan fingerprint density at radius 3 is 2.40 bits per heavy atom. The van der Waals surface area contributed by atoms with Crippen LogP contribution in [0.2, 0.25) is 0 Å². The normalized spacial score (nSPS) is 22.2. The van der Waals surface area contributed by atoms with Gasteiger partial charge in [-0.2, -0.15) is 0 Å². The average Bonchev–Trinajstić information content (AvgIpc) is 3.60. The third-order valence-electron chi connectivity index (χ3n) is 7.76. The molecule has 0 aliphatic carbocycles. The Kier molecular flexibility index (Phi) is 8.41. The zero-order valence-corrected chi connectivity index (χ0v) is 22.8. The van der Waals surface area contributed by atoms with Crippen molar-refractivity contribution in [1.82, 2.24) is 14.7 Å². The summed E-state index contributed by atoms with van der Waals surface area (Å²) < 4.78 is 21.7. The van der Waals surface area contributed by atoms with Gasteiger partial charge in [0, 0.05) is 38.1 Å². The summed E-state index contributed by atoms with van der Waals surface area (Å²) in [5.41, 5.74) is 1.55. The number of hydrogen-bond donors (Lipinski definition) is 1. The molecule has 214 valence electrons. The number of aliphatic carboxylic acids is 1. The van der Waals surface area contributed by atoms with E-state index in [9.17, 15) is 19.5 Å². The second-order valence-corrected chi connectivity index (χ2v) is 10.2. The van der Waals surface area contributed by atoms with E-state index in [-0.39, 0.29) is 31.8 Å². The maximum Gasteiger partial charge on any atom is 0.326 e. The first-order valence-corrected chi connectivity index (χ1v) is 13.6. The molecule has 3 aliphatic rings.